The number of nitrogens with one attached hydrogen (secondary N) is 3. The molecule has 2 aromatic carbocycles. The van der Waals surface area contributed by atoms with Crippen LogP contribution in [-0.2, 0) is 0 Å². The molecule has 0 radical (unpaired) electrons. The molecule has 0 saturated heterocycles. The third-order valence-corrected chi connectivity index (χ3v) is 5.57. The first-order valence-electron chi connectivity index (χ1n) is 10.2. The molecule has 0 bridgehead atoms. The predicted molar refractivity (Wildman–Crippen MR) is 116 cm³/mol. The van der Waals surface area contributed by atoms with Gasteiger partial charge in [-0.15, -0.1) is 0 Å². The van der Waals surface area contributed by atoms with Gasteiger partial charge in [-0.25, -0.2) is 8.78 Å². The van der Waals surface area contributed by atoms with Gasteiger partial charge in [0.25, 0.3) is 5.91 Å². The molecule has 2 aliphatic rings. The van der Waals surface area contributed by atoms with E-state index in [1.54, 1.807) is 18.2 Å². The Labute approximate surface area is 175 Å². The van der Waals surface area contributed by atoms with Gasteiger partial charge in [0.15, 0.2) is 0 Å². The van der Waals surface area contributed by atoms with Crippen LogP contribution in [0.1, 0.15) is 39.9 Å². The number of hydrogen-bond donors (Lipinski definition) is 3. The highest BCUT2D eigenvalue weighted by Gasteiger charge is 2.17. The van der Waals surface area contributed by atoms with Gasteiger partial charge in [0.1, 0.15) is 11.6 Å². The highest BCUT2D eigenvalue weighted by molar-refractivity contribution is 6.04. The molecule has 0 spiro atoms. The van der Waals surface area contributed by atoms with Gasteiger partial charge < -0.3 is 16.0 Å². The van der Waals surface area contributed by atoms with Crippen molar-refractivity contribution in [1.82, 2.24) is 10.6 Å². The van der Waals surface area contributed by atoms with Crippen molar-refractivity contribution >= 4 is 22.7 Å². The quantitative estimate of drug-likeness (QED) is 0.707. The lowest BCUT2D eigenvalue weighted by molar-refractivity contribution is 0.102. The fraction of sp³-hybridized carbons (Fsp3) is 0.292. The van der Waals surface area contributed by atoms with Crippen molar-refractivity contribution in [3.8, 4) is 0 Å². The number of benzene rings is 2. The number of carbonyl (C=O) groups excluding carboxylic acids is 1. The van der Waals surface area contributed by atoms with Crippen molar-refractivity contribution in [1.29, 1.82) is 0 Å². The molecular weight excluding hydrogens is 384 g/mol. The molecule has 2 aliphatic heterocycles. The molecule has 0 aliphatic carbocycles. The van der Waals surface area contributed by atoms with Gasteiger partial charge in [-0.2, -0.15) is 0 Å². The van der Waals surface area contributed by atoms with Crippen molar-refractivity contribution in [2.24, 2.45) is 0 Å². The third kappa shape index (κ3) is 4.35. The van der Waals surface area contributed by atoms with Crippen LogP contribution in [0.25, 0.3) is 11.1 Å². The number of halogens is 2. The first-order chi connectivity index (χ1) is 14.5. The SMILES string of the molecule is Cc1cc(NC(=O)c2ccc(C3=CCNCC3)c(F)c2)cc(F)c1C1=CCNCC1. The molecule has 1 amide bonds. The number of hydrogen-bond acceptors (Lipinski definition) is 3. The van der Waals surface area contributed by atoms with E-state index in [0.717, 1.165) is 49.2 Å². The third-order valence-electron chi connectivity index (χ3n) is 5.57. The minimum Gasteiger partial charge on any atom is -0.322 e. The number of carbonyl (C=O) groups is 1. The summed E-state index contributed by atoms with van der Waals surface area (Å²) in [5.41, 5.74) is 4.37. The average molecular weight is 409 g/mol. The van der Waals surface area contributed by atoms with Crippen LogP contribution in [0.3, 0.4) is 0 Å². The van der Waals surface area contributed by atoms with Crippen LogP contribution < -0.4 is 16.0 Å². The Morgan fingerprint density at radius 3 is 2.23 bits per heavy atom. The van der Waals surface area contributed by atoms with E-state index in [0.29, 0.717) is 23.4 Å². The summed E-state index contributed by atoms with van der Waals surface area (Å²) < 4.78 is 29.4. The van der Waals surface area contributed by atoms with Gasteiger partial charge in [0.05, 0.1) is 0 Å². The highest BCUT2D eigenvalue weighted by atomic mass is 19.1. The monoisotopic (exact) mass is 409 g/mol. The van der Waals surface area contributed by atoms with Gasteiger partial charge in [-0.1, -0.05) is 18.2 Å². The summed E-state index contributed by atoms with van der Waals surface area (Å²) >= 11 is 0. The predicted octanol–water partition coefficient (Wildman–Crippen LogP) is 4.28. The Bertz CT molecular complexity index is 1020. The van der Waals surface area contributed by atoms with Crippen molar-refractivity contribution in [3.05, 3.63) is 76.4 Å². The maximum absolute atomic E-state index is 14.8. The van der Waals surface area contributed by atoms with E-state index in [-0.39, 0.29) is 11.4 Å². The normalized spacial score (nSPS) is 16.6. The van der Waals surface area contributed by atoms with E-state index in [1.807, 2.05) is 19.1 Å². The van der Waals surface area contributed by atoms with Crippen LogP contribution in [0.5, 0.6) is 0 Å². The van der Waals surface area contributed by atoms with E-state index < -0.39 is 11.7 Å². The van der Waals surface area contributed by atoms with Crippen molar-refractivity contribution in [2.75, 3.05) is 31.5 Å². The van der Waals surface area contributed by atoms with Crippen LogP contribution in [0.15, 0.2) is 42.5 Å². The lowest BCUT2D eigenvalue weighted by Gasteiger charge is -2.18. The van der Waals surface area contributed by atoms with Gasteiger partial charge in [-0.3, -0.25) is 4.79 Å². The Morgan fingerprint density at radius 2 is 1.63 bits per heavy atom. The molecule has 0 saturated carbocycles. The summed E-state index contributed by atoms with van der Waals surface area (Å²) in [6.07, 6.45) is 5.48. The van der Waals surface area contributed by atoms with Crippen LogP contribution in [0, 0.1) is 18.6 Å². The maximum Gasteiger partial charge on any atom is 0.255 e. The second kappa shape index (κ2) is 8.90. The zero-order valence-corrected chi connectivity index (χ0v) is 16.9. The number of amides is 1. The molecule has 0 atom stereocenters. The Hall–Kier alpha value is -2.83. The maximum atomic E-state index is 14.8. The number of aryl methyl sites for hydroxylation is 1. The fourth-order valence-electron chi connectivity index (χ4n) is 4.06. The molecule has 0 fully saturated rings. The highest BCUT2D eigenvalue weighted by Crippen LogP contribution is 2.29. The van der Waals surface area contributed by atoms with Crippen LogP contribution in [0.2, 0.25) is 0 Å². The minimum absolute atomic E-state index is 0.203. The van der Waals surface area contributed by atoms with Crippen molar-refractivity contribution < 1.29 is 13.6 Å². The molecular formula is C24H25F2N3O. The molecule has 6 heteroatoms. The van der Waals surface area contributed by atoms with Crippen LogP contribution in [-0.4, -0.2) is 32.1 Å². The molecule has 4 rings (SSSR count). The summed E-state index contributed by atoms with van der Waals surface area (Å²) in [4.78, 5) is 12.6. The Balaban J connectivity index is 1.53. The fourth-order valence-corrected chi connectivity index (χ4v) is 4.06. The summed E-state index contributed by atoms with van der Waals surface area (Å²) in [7, 11) is 0. The molecule has 3 N–H and O–H groups in total. The van der Waals surface area contributed by atoms with Gasteiger partial charge in [0.2, 0.25) is 0 Å². The molecule has 4 nitrogen and oxygen atoms in total. The molecule has 156 valence electrons. The van der Waals surface area contributed by atoms with Crippen molar-refractivity contribution in [2.45, 2.75) is 19.8 Å². The lowest BCUT2D eigenvalue weighted by Crippen LogP contribution is -2.21. The molecule has 2 heterocycles. The van der Waals surface area contributed by atoms with Crippen LogP contribution >= 0.6 is 0 Å². The van der Waals surface area contributed by atoms with E-state index >= 15 is 0 Å². The summed E-state index contributed by atoms with van der Waals surface area (Å²) in [5.74, 6) is -1.25. The average Bonchev–Trinajstić information content (AvgIpc) is 2.74. The largest absolute Gasteiger partial charge is 0.322 e. The van der Waals surface area contributed by atoms with Crippen molar-refractivity contribution in [3.63, 3.8) is 0 Å². The number of anilines is 1. The summed E-state index contributed by atoms with van der Waals surface area (Å²) in [6.45, 7) is 4.89. The zero-order valence-electron chi connectivity index (χ0n) is 16.9. The zero-order chi connectivity index (χ0) is 21.1. The standard InChI is InChI=1S/C24H25F2N3O/c1-15-12-19(14-22(26)23(15)17-6-10-28-11-7-17)29-24(30)18-2-3-20(21(25)13-18)16-4-8-27-9-5-16/h2-4,6,12-14,27-28H,5,7-11H2,1H3,(H,29,30). The second-order valence-electron chi connectivity index (χ2n) is 7.67. The first kappa shape index (κ1) is 20.4. The van der Waals surface area contributed by atoms with E-state index in [4.69, 9.17) is 0 Å². The topological polar surface area (TPSA) is 53.2 Å². The number of rotatable bonds is 4. The molecule has 0 aromatic heterocycles. The summed E-state index contributed by atoms with van der Waals surface area (Å²) in [6, 6.07) is 7.57. The molecule has 2 aromatic rings. The minimum atomic E-state index is -0.465. The van der Waals surface area contributed by atoms with Gasteiger partial charge in [0, 0.05) is 35.5 Å². The van der Waals surface area contributed by atoms with E-state index in [1.165, 1.54) is 12.1 Å². The first-order valence-corrected chi connectivity index (χ1v) is 10.2. The molecule has 0 unspecified atom stereocenters. The summed E-state index contributed by atoms with van der Waals surface area (Å²) in [5, 5.41) is 9.10. The van der Waals surface area contributed by atoms with E-state index in [2.05, 4.69) is 16.0 Å². The molecule has 30 heavy (non-hydrogen) atoms. The lowest BCUT2D eigenvalue weighted by atomic mass is 9.95. The van der Waals surface area contributed by atoms with Gasteiger partial charge >= 0.3 is 0 Å². The Kier molecular flexibility index (Phi) is 6.06. The Morgan fingerprint density at radius 1 is 0.933 bits per heavy atom. The van der Waals surface area contributed by atoms with E-state index in [9.17, 15) is 13.6 Å². The second-order valence-corrected chi connectivity index (χ2v) is 7.67. The van der Waals surface area contributed by atoms with Gasteiger partial charge in [-0.05, 0) is 73.8 Å². The smallest absolute Gasteiger partial charge is 0.255 e. The van der Waals surface area contributed by atoms with Crippen LogP contribution in [0.4, 0.5) is 14.5 Å².